The van der Waals surface area contributed by atoms with Gasteiger partial charge in [-0.1, -0.05) is 25.3 Å². The summed E-state index contributed by atoms with van der Waals surface area (Å²) >= 11 is 5.77. The maximum Gasteiger partial charge on any atom is 0.361 e. The van der Waals surface area contributed by atoms with Crippen LogP contribution >= 0.6 is 25.3 Å². The number of hydrogen-bond acceptors (Lipinski definition) is 2. The molecule has 1 radical (unpaired) electrons. The average Bonchev–Trinajstić information content (AvgIpc) is 1.25. The molecule has 0 saturated heterocycles. The zero-order valence-corrected chi connectivity index (χ0v) is 6.64. The summed E-state index contributed by atoms with van der Waals surface area (Å²) in [5.74, 6) is 0. The van der Waals surface area contributed by atoms with Crippen molar-refractivity contribution in [2.75, 3.05) is 0 Å². The van der Waals surface area contributed by atoms with Crippen LogP contribution < -0.4 is 0 Å². The predicted molar refractivity (Wildman–Crippen MR) is 34.0 cm³/mol. The summed E-state index contributed by atoms with van der Waals surface area (Å²) in [6, 6.07) is 0. The van der Waals surface area contributed by atoms with E-state index in [1.165, 1.54) is 0 Å². The molecule has 4 nitrogen and oxygen atoms in total. The van der Waals surface area contributed by atoms with Crippen molar-refractivity contribution >= 4 is 35.9 Å². The van der Waals surface area contributed by atoms with Crippen LogP contribution in [0.3, 0.4) is 0 Å². The number of rotatable bonds is 0. The Hall–Kier alpha value is 0.159. The second kappa shape index (κ2) is 11.0. The fourth-order valence-corrected chi connectivity index (χ4v) is 0. The van der Waals surface area contributed by atoms with E-state index in [4.69, 9.17) is 19.8 Å². The third kappa shape index (κ3) is 12200. The van der Waals surface area contributed by atoms with Crippen molar-refractivity contribution in [1.29, 1.82) is 0 Å². The van der Waals surface area contributed by atoms with Gasteiger partial charge < -0.3 is 10.2 Å². The molecule has 0 aromatic heterocycles. The maximum atomic E-state index is 8.86. The molecule has 0 bridgehead atoms. The third-order valence-electron chi connectivity index (χ3n) is 0. The first-order chi connectivity index (χ1) is 3.46. The molecule has 0 fully saturated rings. The van der Waals surface area contributed by atoms with Crippen LogP contribution in [0.25, 0.3) is 0 Å². The van der Waals surface area contributed by atoms with E-state index in [1.54, 1.807) is 0 Å². The zero-order chi connectivity index (χ0) is 7.15. The van der Waals surface area contributed by atoms with E-state index in [1.807, 2.05) is 0 Å². The molecule has 9 heavy (non-hydrogen) atoms. The predicted octanol–water partition coefficient (Wildman–Crippen LogP) is 1.19. The summed E-state index contributed by atoms with van der Waals surface area (Å²) in [5.41, 5.74) is 0. The van der Waals surface area contributed by atoms with Gasteiger partial charge in [0, 0.05) is 17.1 Å². The Balaban J connectivity index is -0.0000000720. The number of hydrogen-bond donors (Lipinski definition) is 4. The molecule has 0 amide bonds. The van der Waals surface area contributed by atoms with Gasteiger partial charge in [-0.25, -0.2) is 9.59 Å². The molecular weight excluding hydrogens is 216 g/mol. The summed E-state index contributed by atoms with van der Waals surface area (Å²) < 4.78 is 0. The van der Waals surface area contributed by atoms with Crippen LogP contribution in [-0.4, -0.2) is 20.8 Å². The first-order valence-corrected chi connectivity index (χ1v) is 2.20. The monoisotopic (exact) mass is 219 g/mol. The van der Waals surface area contributed by atoms with Crippen molar-refractivity contribution in [3.8, 4) is 0 Å². The fourth-order valence-electron chi connectivity index (χ4n) is 0. The molecule has 0 aromatic carbocycles. The van der Waals surface area contributed by atoms with Gasteiger partial charge in [-0.3, -0.25) is 0 Å². The summed E-state index contributed by atoms with van der Waals surface area (Å²) in [4.78, 5) is 17.7. The average molecular weight is 220 g/mol. The Morgan fingerprint density at radius 1 is 1.00 bits per heavy atom. The quantitative estimate of drug-likeness (QED) is 0.365. The van der Waals surface area contributed by atoms with Crippen molar-refractivity contribution in [1.82, 2.24) is 0 Å². The molecule has 0 unspecified atom stereocenters. The van der Waals surface area contributed by atoms with Crippen molar-refractivity contribution in [3.05, 3.63) is 0 Å². The van der Waals surface area contributed by atoms with E-state index in [9.17, 15) is 0 Å². The molecule has 0 spiro atoms. The van der Waals surface area contributed by atoms with E-state index in [0.29, 0.717) is 0 Å². The van der Waals surface area contributed by atoms with Gasteiger partial charge in [0.25, 0.3) is 0 Å². The van der Waals surface area contributed by atoms with Gasteiger partial charge in [-0.2, -0.15) is 0 Å². The second-order valence-electron chi connectivity index (χ2n) is 0.565. The van der Waals surface area contributed by atoms with Gasteiger partial charge >= 0.3 is 10.6 Å². The normalized spacial score (nSPS) is 5.56. The molecule has 0 aliphatic rings. The SMILES string of the molecule is O=C(O)S.O=C(O)S.[Cu]. The molecule has 0 heterocycles. The number of thiol groups is 2. The minimum Gasteiger partial charge on any atom is -0.473 e. The van der Waals surface area contributed by atoms with Crippen molar-refractivity contribution in [2.24, 2.45) is 0 Å². The van der Waals surface area contributed by atoms with Crippen LogP contribution in [-0.2, 0) is 17.1 Å². The van der Waals surface area contributed by atoms with Crippen molar-refractivity contribution in [3.63, 3.8) is 0 Å². The van der Waals surface area contributed by atoms with E-state index in [0.717, 1.165) is 0 Å². The molecule has 59 valence electrons. The molecule has 0 saturated carbocycles. The minimum absolute atomic E-state index is 0. The molecule has 0 atom stereocenters. The largest absolute Gasteiger partial charge is 0.473 e. The van der Waals surface area contributed by atoms with E-state index in [-0.39, 0.29) is 17.1 Å². The summed E-state index contributed by atoms with van der Waals surface area (Å²) in [7, 11) is 0. The van der Waals surface area contributed by atoms with E-state index in [2.05, 4.69) is 25.3 Å². The topological polar surface area (TPSA) is 74.6 Å². The van der Waals surface area contributed by atoms with Gasteiger partial charge in [0.1, 0.15) is 0 Å². The van der Waals surface area contributed by atoms with E-state index >= 15 is 0 Å². The van der Waals surface area contributed by atoms with Gasteiger partial charge in [-0.05, 0) is 0 Å². The molecule has 0 aromatic rings. The van der Waals surface area contributed by atoms with E-state index < -0.39 is 10.6 Å². The molecule has 0 aliphatic carbocycles. The van der Waals surface area contributed by atoms with Crippen LogP contribution in [0, 0.1) is 0 Å². The van der Waals surface area contributed by atoms with Gasteiger partial charge in [0.15, 0.2) is 0 Å². The first kappa shape index (κ1) is 16.1. The summed E-state index contributed by atoms with van der Waals surface area (Å²) in [5, 5.41) is 12.3. The van der Waals surface area contributed by atoms with Gasteiger partial charge in [0.2, 0.25) is 0 Å². The second-order valence-corrected chi connectivity index (χ2v) is 1.33. The minimum atomic E-state index is -1.14. The zero-order valence-electron chi connectivity index (χ0n) is 3.91. The molecule has 0 aliphatic heterocycles. The molecular formula is C2H4CuO4S2. The summed E-state index contributed by atoms with van der Waals surface area (Å²) in [6.07, 6.45) is 0. The van der Waals surface area contributed by atoms with Crippen LogP contribution in [0.15, 0.2) is 0 Å². The Morgan fingerprint density at radius 3 is 1.00 bits per heavy atom. The Morgan fingerprint density at radius 2 is 1.00 bits per heavy atom. The smallest absolute Gasteiger partial charge is 0.361 e. The molecule has 2 N–H and O–H groups in total. The Kier molecular flexibility index (Phi) is 19.7. The summed E-state index contributed by atoms with van der Waals surface area (Å²) in [6.45, 7) is 0. The Labute approximate surface area is 72.9 Å². The van der Waals surface area contributed by atoms with Crippen LogP contribution in [0.5, 0.6) is 0 Å². The number of carbonyl (C=O) groups is 2. The Bertz CT molecular complexity index is 74.6. The third-order valence-corrected chi connectivity index (χ3v) is 0. The standard InChI is InChI=1S/2CH2O2S.Cu/c2*2-1(3)4;/h2*4H,(H,2,3);. The molecule has 7 heteroatoms. The van der Waals surface area contributed by atoms with Crippen LogP contribution in [0.1, 0.15) is 0 Å². The van der Waals surface area contributed by atoms with Crippen LogP contribution in [0.2, 0.25) is 0 Å². The first-order valence-electron chi connectivity index (χ1n) is 1.30. The fraction of sp³-hybridized carbons (Fsp3) is 0. The van der Waals surface area contributed by atoms with Crippen molar-refractivity contribution in [2.45, 2.75) is 0 Å². The van der Waals surface area contributed by atoms with Crippen molar-refractivity contribution < 1.29 is 36.9 Å². The van der Waals surface area contributed by atoms with Crippen LogP contribution in [0.4, 0.5) is 9.59 Å². The number of carboxylic acid groups (broad SMARTS) is 2. The van der Waals surface area contributed by atoms with Gasteiger partial charge in [-0.15, -0.1) is 0 Å². The molecule has 0 rings (SSSR count). The maximum absolute atomic E-state index is 8.86. The van der Waals surface area contributed by atoms with Gasteiger partial charge in [0.05, 0.1) is 0 Å².